The number of benzene rings is 1. The first kappa shape index (κ1) is 21.7. The number of rotatable bonds is 7. The van der Waals surface area contributed by atoms with Crippen molar-refractivity contribution in [2.45, 2.75) is 19.5 Å². The first-order valence-electron chi connectivity index (χ1n) is 8.89. The van der Waals surface area contributed by atoms with Crippen molar-refractivity contribution < 1.29 is 18.0 Å². The number of halogens is 3. The molecule has 7 nitrogen and oxygen atoms in total. The average molecular weight is 436 g/mol. The molecule has 0 saturated carbocycles. The molecule has 3 aromatic rings. The number of alkyl halides is 3. The van der Waals surface area contributed by atoms with Gasteiger partial charge in [-0.25, -0.2) is 15.0 Å². The van der Waals surface area contributed by atoms with Crippen molar-refractivity contribution >= 4 is 28.9 Å². The van der Waals surface area contributed by atoms with Gasteiger partial charge in [0.25, 0.3) is 0 Å². The fourth-order valence-corrected chi connectivity index (χ4v) is 3.74. The second-order valence-electron chi connectivity index (χ2n) is 6.63. The van der Waals surface area contributed by atoms with E-state index in [1.165, 1.54) is 11.3 Å². The Morgan fingerprint density at radius 1 is 1.27 bits per heavy atom. The minimum atomic E-state index is -4.55. The number of thiazole rings is 1. The van der Waals surface area contributed by atoms with E-state index in [4.69, 9.17) is 11.5 Å². The zero-order valence-electron chi connectivity index (χ0n) is 15.9. The van der Waals surface area contributed by atoms with E-state index in [9.17, 15) is 18.0 Å². The van der Waals surface area contributed by atoms with E-state index in [2.05, 4.69) is 20.3 Å². The highest BCUT2D eigenvalue weighted by atomic mass is 32.1. The molecule has 5 N–H and O–H groups in total. The maximum atomic E-state index is 12.9. The van der Waals surface area contributed by atoms with Crippen LogP contribution in [0.25, 0.3) is 10.4 Å². The molecule has 0 spiro atoms. The van der Waals surface area contributed by atoms with Crippen molar-refractivity contribution in [2.24, 2.45) is 17.4 Å². The molecule has 3 rings (SSSR count). The van der Waals surface area contributed by atoms with E-state index in [0.717, 1.165) is 33.3 Å². The lowest BCUT2D eigenvalue weighted by atomic mass is 10.1. The van der Waals surface area contributed by atoms with Gasteiger partial charge in [-0.15, -0.1) is 11.3 Å². The van der Waals surface area contributed by atoms with E-state index in [1.54, 1.807) is 18.3 Å². The van der Waals surface area contributed by atoms with Gasteiger partial charge in [-0.1, -0.05) is 6.07 Å². The number of nitrogens with two attached hydrogens (primary N) is 2. The maximum Gasteiger partial charge on any atom is 0.433 e. The van der Waals surface area contributed by atoms with Crippen molar-refractivity contribution in [1.29, 1.82) is 0 Å². The molecule has 11 heteroatoms. The lowest BCUT2D eigenvalue weighted by molar-refractivity contribution is -0.141. The van der Waals surface area contributed by atoms with Crippen LogP contribution in [0.15, 0.2) is 36.7 Å². The smallest absolute Gasteiger partial charge is 0.369 e. The normalized spacial score (nSPS) is 12.6. The van der Waals surface area contributed by atoms with Gasteiger partial charge in [0, 0.05) is 31.0 Å². The Kier molecular flexibility index (Phi) is 6.32. The second-order valence-corrected chi connectivity index (χ2v) is 7.75. The van der Waals surface area contributed by atoms with E-state index >= 15 is 0 Å². The highest BCUT2D eigenvalue weighted by Gasteiger charge is 2.32. The molecule has 2 aromatic heterocycles. The van der Waals surface area contributed by atoms with Crippen LogP contribution in [0.5, 0.6) is 0 Å². The number of hydrogen-bond donors (Lipinski definition) is 3. The Labute approximate surface area is 174 Å². The summed E-state index contributed by atoms with van der Waals surface area (Å²) in [6.07, 6.45) is -1.47. The number of carbonyl (C=O) groups is 1. The SMILES string of the molecule is Cc1cc(Nc2nccc(C(F)(F)F)n2)cc(-c2cnc(CC(CN)C(N)=O)s2)c1. The third kappa shape index (κ3) is 5.30. The van der Waals surface area contributed by atoms with Gasteiger partial charge in [-0.3, -0.25) is 4.79 Å². The van der Waals surface area contributed by atoms with Crippen molar-refractivity contribution in [3.05, 3.63) is 52.9 Å². The number of nitrogens with one attached hydrogen (secondary N) is 1. The number of hydrogen-bond acceptors (Lipinski definition) is 7. The number of carbonyl (C=O) groups excluding carboxylic acids is 1. The Morgan fingerprint density at radius 3 is 2.70 bits per heavy atom. The van der Waals surface area contributed by atoms with Crippen LogP contribution >= 0.6 is 11.3 Å². The molecule has 30 heavy (non-hydrogen) atoms. The molecule has 1 aromatic carbocycles. The summed E-state index contributed by atoms with van der Waals surface area (Å²) in [5.41, 5.74) is 12.1. The molecular formula is C19H19F3N6OS. The fraction of sp³-hybridized carbons (Fsp3) is 0.263. The van der Waals surface area contributed by atoms with E-state index in [-0.39, 0.29) is 12.5 Å². The monoisotopic (exact) mass is 436 g/mol. The van der Waals surface area contributed by atoms with Crippen molar-refractivity contribution in [3.8, 4) is 10.4 Å². The molecule has 0 aliphatic rings. The zero-order valence-corrected chi connectivity index (χ0v) is 16.7. The first-order valence-corrected chi connectivity index (χ1v) is 9.71. The maximum absolute atomic E-state index is 12.9. The fourth-order valence-electron chi connectivity index (χ4n) is 2.75. The Hall–Kier alpha value is -3.05. The van der Waals surface area contributed by atoms with Crippen molar-refractivity contribution in [1.82, 2.24) is 15.0 Å². The van der Waals surface area contributed by atoms with E-state index < -0.39 is 23.7 Å². The van der Waals surface area contributed by atoms with Gasteiger partial charge < -0.3 is 16.8 Å². The van der Waals surface area contributed by atoms with Gasteiger partial charge in [0.1, 0.15) is 5.69 Å². The van der Waals surface area contributed by atoms with Crippen molar-refractivity contribution in [3.63, 3.8) is 0 Å². The summed E-state index contributed by atoms with van der Waals surface area (Å²) < 4.78 is 38.6. The van der Waals surface area contributed by atoms with Crippen LogP contribution in [0.2, 0.25) is 0 Å². The number of amides is 1. The van der Waals surface area contributed by atoms with Crippen molar-refractivity contribution in [2.75, 3.05) is 11.9 Å². The number of aromatic nitrogens is 3. The Bertz CT molecular complexity index is 1050. The largest absolute Gasteiger partial charge is 0.433 e. The minimum Gasteiger partial charge on any atom is -0.369 e. The molecular weight excluding hydrogens is 417 g/mol. The summed E-state index contributed by atoms with van der Waals surface area (Å²) in [6, 6.07) is 6.27. The standard InChI is InChI=1S/C19H19F3N6OS/c1-10-4-11(14-9-26-16(30-14)7-12(8-23)17(24)29)6-13(5-10)27-18-25-3-2-15(28-18)19(20,21)22/h2-6,9,12H,7-8,23H2,1H3,(H2,24,29)(H,25,27,28). The zero-order chi connectivity index (χ0) is 21.9. The first-order chi connectivity index (χ1) is 14.2. The van der Waals surface area contributed by atoms with Crippen LogP contribution in [0.1, 0.15) is 16.3 Å². The van der Waals surface area contributed by atoms with Gasteiger partial charge in [0.15, 0.2) is 0 Å². The number of nitrogens with zero attached hydrogens (tertiary/aromatic N) is 3. The lowest BCUT2D eigenvalue weighted by Gasteiger charge is -2.10. The predicted octanol–water partition coefficient (Wildman–Crippen LogP) is 3.27. The summed E-state index contributed by atoms with van der Waals surface area (Å²) in [4.78, 5) is 23.9. The van der Waals surface area contributed by atoms with Crippen LogP contribution < -0.4 is 16.8 Å². The predicted molar refractivity (Wildman–Crippen MR) is 108 cm³/mol. The molecule has 158 valence electrons. The summed E-state index contributed by atoms with van der Waals surface area (Å²) in [7, 11) is 0. The number of primary amides is 1. The van der Waals surface area contributed by atoms with Crippen LogP contribution in [-0.4, -0.2) is 27.4 Å². The summed E-state index contributed by atoms with van der Waals surface area (Å²) in [5.74, 6) is -1.12. The summed E-state index contributed by atoms with van der Waals surface area (Å²) >= 11 is 1.39. The Morgan fingerprint density at radius 2 is 2.03 bits per heavy atom. The minimum absolute atomic E-state index is 0.139. The number of aryl methyl sites for hydroxylation is 1. The van der Waals surface area contributed by atoms with Gasteiger partial charge in [-0.2, -0.15) is 13.2 Å². The van der Waals surface area contributed by atoms with Gasteiger partial charge >= 0.3 is 6.18 Å². The molecule has 0 aliphatic heterocycles. The molecule has 0 bridgehead atoms. The lowest BCUT2D eigenvalue weighted by Crippen LogP contribution is -2.31. The molecule has 0 saturated heterocycles. The molecule has 0 fully saturated rings. The quantitative estimate of drug-likeness (QED) is 0.523. The molecule has 2 heterocycles. The topological polar surface area (TPSA) is 120 Å². The summed E-state index contributed by atoms with van der Waals surface area (Å²) in [5, 5.41) is 3.53. The third-order valence-corrected chi connectivity index (χ3v) is 5.29. The third-order valence-electron chi connectivity index (χ3n) is 4.23. The molecule has 1 unspecified atom stereocenters. The number of anilines is 2. The van der Waals surface area contributed by atoms with E-state index in [1.807, 2.05) is 13.0 Å². The van der Waals surface area contributed by atoms with Crippen LogP contribution in [-0.2, 0) is 17.4 Å². The van der Waals surface area contributed by atoms with Crippen LogP contribution in [0.3, 0.4) is 0 Å². The molecule has 1 amide bonds. The molecule has 0 radical (unpaired) electrons. The molecule has 0 aliphatic carbocycles. The van der Waals surface area contributed by atoms with E-state index in [0.29, 0.717) is 12.1 Å². The van der Waals surface area contributed by atoms with Gasteiger partial charge in [0.05, 0.1) is 15.8 Å². The summed E-state index contributed by atoms with van der Waals surface area (Å²) in [6.45, 7) is 2.00. The van der Waals surface area contributed by atoms with Crippen LogP contribution in [0, 0.1) is 12.8 Å². The van der Waals surface area contributed by atoms with Gasteiger partial charge in [-0.05, 0) is 36.2 Å². The Balaban J connectivity index is 1.84. The highest BCUT2D eigenvalue weighted by Crippen LogP contribution is 2.32. The van der Waals surface area contributed by atoms with Gasteiger partial charge in [0.2, 0.25) is 11.9 Å². The molecule has 1 atom stereocenters. The average Bonchev–Trinajstić information content (AvgIpc) is 3.13. The highest BCUT2D eigenvalue weighted by molar-refractivity contribution is 7.15. The second kappa shape index (κ2) is 8.76. The van der Waals surface area contributed by atoms with Crippen LogP contribution in [0.4, 0.5) is 24.8 Å².